The third-order valence-electron chi connectivity index (χ3n) is 3.51. The number of carbonyl (C=O) groups excluding carboxylic acids is 1. The maximum absolute atomic E-state index is 13.0. The second-order valence-electron chi connectivity index (χ2n) is 5.36. The number of ether oxygens (including phenoxy) is 3. The Morgan fingerprint density at radius 3 is 2.50 bits per heavy atom. The van der Waals surface area contributed by atoms with E-state index in [0.717, 1.165) is 18.4 Å². The number of esters is 1. The molecule has 0 aliphatic carbocycles. The molecule has 150 valence electrons. The quantitative estimate of drug-likeness (QED) is 0.227. The monoisotopic (exact) mass is 414 g/mol. The number of thioether (sulfide) groups is 1. The smallest absolute Gasteiger partial charge is 0.416 e. The van der Waals surface area contributed by atoms with E-state index in [1.54, 1.807) is 13.2 Å². The molecular formula is C18H17F3N2O4S. The Morgan fingerprint density at radius 1 is 1.21 bits per heavy atom. The fourth-order valence-electron chi connectivity index (χ4n) is 2.28. The number of aryl methyl sites for hydroxylation is 1. The molecule has 0 bridgehead atoms. The SMILES string of the molecule is COC=C(C(=O)OC)c1c(C)nc(SC)nc1Oc1cccc(C(F)(F)F)c1. The first kappa shape index (κ1) is 21.5. The van der Waals surface area contributed by atoms with Crippen molar-refractivity contribution >= 4 is 23.3 Å². The van der Waals surface area contributed by atoms with Crippen molar-refractivity contribution in [3.8, 4) is 11.6 Å². The molecule has 0 aliphatic rings. The fourth-order valence-corrected chi connectivity index (χ4v) is 2.68. The molecule has 0 atom stereocenters. The van der Waals surface area contributed by atoms with Crippen LogP contribution in [-0.4, -0.2) is 36.4 Å². The van der Waals surface area contributed by atoms with Gasteiger partial charge in [0.1, 0.15) is 11.3 Å². The predicted molar refractivity (Wildman–Crippen MR) is 97.1 cm³/mol. The first-order valence-electron chi connectivity index (χ1n) is 7.80. The topological polar surface area (TPSA) is 70.5 Å². The molecule has 0 unspecified atom stereocenters. The summed E-state index contributed by atoms with van der Waals surface area (Å²) in [4.78, 5) is 20.6. The van der Waals surface area contributed by atoms with Gasteiger partial charge in [-0.3, -0.25) is 0 Å². The summed E-state index contributed by atoms with van der Waals surface area (Å²) in [5.74, 6) is -0.924. The number of halogens is 3. The van der Waals surface area contributed by atoms with Crippen LogP contribution in [0.3, 0.4) is 0 Å². The lowest BCUT2D eigenvalue weighted by Crippen LogP contribution is -2.10. The van der Waals surface area contributed by atoms with Gasteiger partial charge in [0.05, 0.1) is 37.3 Å². The van der Waals surface area contributed by atoms with Gasteiger partial charge < -0.3 is 14.2 Å². The number of nitrogens with zero attached hydrogens (tertiary/aromatic N) is 2. The predicted octanol–water partition coefficient (Wildman–Crippen LogP) is 4.48. The van der Waals surface area contributed by atoms with Crippen molar-refractivity contribution in [3.05, 3.63) is 47.3 Å². The van der Waals surface area contributed by atoms with Crippen molar-refractivity contribution in [1.82, 2.24) is 9.97 Å². The molecule has 1 aromatic heterocycles. The van der Waals surface area contributed by atoms with Gasteiger partial charge in [-0.2, -0.15) is 18.2 Å². The van der Waals surface area contributed by atoms with Crippen LogP contribution in [0.25, 0.3) is 5.57 Å². The van der Waals surface area contributed by atoms with Crippen LogP contribution in [-0.2, 0) is 20.4 Å². The summed E-state index contributed by atoms with van der Waals surface area (Å²) in [6.07, 6.45) is -1.66. The molecule has 2 rings (SSSR count). The molecule has 0 amide bonds. The van der Waals surface area contributed by atoms with E-state index < -0.39 is 17.7 Å². The Bertz CT molecular complexity index is 901. The van der Waals surface area contributed by atoms with Crippen molar-refractivity contribution in [2.45, 2.75) is 18.3 Å². The van der Waals surface area contributed by atoms with Gasteiger partial charge in [-0.1, -0.05) is 17.8 Å². The Kier molecular flexibility index (Phi) is 6.90. The highest BCUT2D eigenvalue weighted by molar-refractivity contribution is 7.98. The highest BCUT2D eigenvalue weighted by Crippen LogP contribution is 2.36. The van der Waals surface area contributed by atoms with Crippen molar-refractivity contribution in [1.29, 1.82) is 0 Å². The molecule has 2 aromatic rings. The second kappa shape index (κ2) is 8.96. The largest absolute Gasteiger partial charge is 0.503 e. The van der Waals surface area contributed by atoms with E-state index in [0.29, 0.717) is 10.9 Å². The number of rotatable bonds is 6. The maximum Gasteiger partial charge on any atom is 0.416 e. The van der Waals surface area contributed by atoms with Crippen molar-refractivity contribution in [2.75, 3.05) is 20.5 Å². The van der Waals surface area contributed by atoms with Gasteiger partial charge in [-0.05, 0) is 31.4 Å². The summed E-state index contributed by atoms with van der Waals surface area (Å²) in [5, 5.41) is 0.324. The Balaban J connectivity index is 2.61. The molecule has 0 radical (unpaired) electrons. The average Bonchev–Trinajstić information content (AvgIpc) is 2.65. The highest BCUT2D eigenvalue weighted by Gasteiger charge is 2.31. The van der Waals surface area contributed by atoms with E-state index in [2.05, 4.69) is 9.97 Å². The maximum atomic E-state index is 13.0. The van der Waals surface area contributed by atoms with Gasteiger partial charge in [0.2, 0.25) is 5.88 Å². The van der Waals surface area contributed by atoms with Gasteiger partial charge in [0.25, 0.3) is 0 Å². The molecule has 0 N–H and O–H groups in total. The molecule has 10 heteroatoms. The minimum absolute atomic E-state index is 0.0304. The van der Waals surface area contributed by atoms with Crippen LogP contribution in [0.5, 0.6) is 11.6 Å². The van der Waals surface area contributed by atoms with Crippen LogP contribution in [0, 0.1) is 6.92 Å². The van der Waals surface area contributed by atoms with Gasteiger partial charge in [-0.15, -0.1) is 0 Å². The minimum atomic E-state index is -4.53. The van der Waals surface area contributed by atoms with Crippen molar-refractivity contribution < 1.29 is 32.2 Å². The Hall–Kier alpha value is -2.75. The molecule has 6 nitrogen and oxygen atoms in total. The van der Waals surface area contributed by atoms with Gasteiger partial charge in [-0.25, -0.2) is 9.78 Å². The van der Waals surface area contributed by atoms with Gasteiger partial charge in [0.15, 0.2) is 5.16 Å². The van der Waals surface area contributed by atoms with Crippen LogP contribution in [0.4, 0.5) is 13.2 Å². The van der Waals surface area contributed by atoms with Crippen LogP contribution >= 0.6 is 11.8 Å². The molecule has 0 spiro atoms. The van der Waals surface area contributed by atoms with Crippen molar-refractivity contribution in [3.63, 3.8) is 0 Å². The highest BCUT2D eigenvalue weighted by atomic mass is 32.2. The number of alkyl halides is 3. The summed E-state index contributed by atoms with van der Waals surface area (Å²) in [7, 11) is 2.52. The third-order valence-corrected chi connectivity index (χ3v) is 4.05. The number of aromatic nitrogens is 2. The number of hydrogen-bond acceptors (Lipinski definition) is 7. The molecule has 0 saturated carbocycles. The normalized spacial score (nSPS) is 11.9. The molecule has 28 heavy (non-hydrogen) atoms. The fraction of sp³-hybridized carbons (Fsp3) is 0.278. The molecule has 0 saturated heterocycles. The molecule has 0 aliphatic heterocycles. The zero-order valence-electron chi connectivity index (χ0n) is 15.5. The number of carbonyl (C=O) groups is 1. The van der Waals surface area contributed by atoms with Crippen LogP contribution in [0.15, 0.2) is 35.7 Å². The van der Waals surface area contributed by atoms with Gasteiger partial charge in [0, 0.05) is 0 Å². The molecule has 1 heterocycles. The molecular weight excluding hydrogens is 397 g/mol. The van der Waals surface area contributed by atoms with Crippen LogP contribution in [0.1, 0.15) is 16.8 Å². The summed E-state index contributed by atoms with van der Waals surface area (Å²) < 4.78 is 54.2. The standard InChI is InChI=1S/C18H17F3N2O4S/c1-10-14(13(9-25-2)16(24)26-3)15(23-17(22-10)28-4)27-12-7-5-6-11(8-12)18(19,20)21/h5-9H,1-4H3. The zero-order valence-corrected chi connectivity index (χ0v) is 16.3. The van der Waals surface area contributed by atoms with Crippen LogP contribution in [0.2, 0.25) is 0 Å². The van der Waals surface area contributed by atoms with Crippen molar-refractivity contribution in [2.24, 2.45) is 0 Å². The minimum Gasteiger partial charge on any atom is -0.503 e. The van der Waals surface area contributed by atoms with Gasteiger partial charge >= 0.3 is 12.1 Å². The van der Waals surface area contributed by atoms with E-state index in [1.807, 2.05) is 0 Å². The Morgan fingerprint density at radius 2 is 1.93 bits per heavy atom. The van der Waals surface area contributed by atoms with E-state index in [-0.39, 0.29) is 22.8 Å². The second-order valence-corrected chi connectivity index (χ2v) is 6.14. The first-order chi connectivity index (χ1) is 13.2. The first-order valence-corrected chi connectivity index (χ1v) is 9.03. The summed E-state index contributed by atoms with van der Waals surface area (Å²) in [6.45, 7) is 1.61. The Labute approximate surface area is 163 Å². The lowest BCUT2D eigenvalue weighted by Gasteiger charge is -2.15. The summed E-state index contributed by atoms with van der Waals surface area (Å²) in [5.41, 5.74) is -0.376. The third kappa shape index (κ3) is 4.94. The average molecular weight is 414 g/mol. The summed E-state index contributed by atoms with van der Waals surface area (Å²) >= 11 is 1.21. The van der Waals surface area contributed by atoms with Crippen LogP contribution < -0.4 is 4.74 Å². The lowest BCUT2D eigenvalue weighted by atomic mass is 10.1. The van der Waals surface area contributed by atoms with E-state index in [1.165, 1.54) is 38.1 Å². The molecule has 0 fully saturated rings. The van der Waals surface area contributed by atoms with E-state index in [9.17, 15) is 18.0 Å². The van der Waals surface area contributed by atoms with E-state index >= 15 is 0 Å². The summed E-state index contributed by atoms with van der Waals surface area (Å²) in [6, 6.07) is 4.34. The number of methoxy groups -OCH3 is 2. The number of benzene rings is 1. The zero-order chi connectivity index (χ0) is 20.9. The lowest BCUT2D eigenvalue weighted by molar-refractivity contribution is -0.137. The number of hydrogen-bond donors (Lipinski definition) is 0. The molecule has 1 aromatic carbocycles. The van der Waals surface area contributed by atoms with E-state index in [4.69, 9.17) is 14.2 Å².